The Labute approximate surface area is 176 Å². The van der Waals surface area contributed by atoms with Crippen molar-refractivity contribution >= 4 is 12.4 Å². The molecule has 0 amide bonds. The topological polar surface area (TPSA) is 23.5 Å². The fraction of sp³-hybridized carbons (Fsp3) is 0.520. The molecule has 152 valence electrons. The molecule has 2 fully saturated rings. The largest absolute Gasteiger partial charge is 0.508 e. The molecule has 2 aromatic rings. The Balaban J connectivity index is 0.00000225. The molecule has 0 spiro atoms. The average molecular weight is 400 g/mol. The molecule has 3 heteroatoms. The van der Waals surface area contributed by atoms with E-state index in [9.17, 15) is 5.11 Å². The molecule has 2 nitrogen and oxygen atoms in total. The molecule has 0 bridgehead atoms. The molecule has 1 saturated heterocycles. The van der Waals surface area contributed by atoms with Gasteiger partial charge in [0.1, 0.15) is 5.75 Å². The van der Waals surface area contributed by atoms with E-state index in [4.69, 9.17) is 0 Å². The zero-order chi connectivity index (χ0) is 18.7. The number of piperidine rings is 1. The number of benzene rings is 2. The van der Waals surface area contributed by atoms with Gasteiger partial charge in [-0.3, -0.25) is 0 Å². The van der Waals surface area contributed by atoms with Crippen LogP contribution in [-0.2, 0) is 11.8 Å². The Kier molecular flexibility index (Phi) is 6.73. The third-order valence-corrected chi connectivity index (χ3v) is 7.35. The van der Waals surface area contributed by atoms with Gasteiger partial charge in [0.25, 0.3) is 0 Å². The van der Waals surface area contributed by atoms with Gasteiger partial charge < -0.3 is 10.0 Å². The summed E-state index contributed by atoms with van der Waals surface area (Å²) in [5.41, 5.74) is 3.37. The Morgan fingerprint density at radius 2 is 1.75 bits per heavy atom. The molecule has 2 aromatic carbocycles. The van der Waals surface area contributed by atoms with Gasteiger partial charge >= 0.3 is 0 Å². The Hall–Kier alpha value is -1.51. The highest BCUT2D eigenvalue weighted by Gasteiger charge is 2.53. The van der Waals surface area contributed by atoms with Gasteiger partial charge in [-0.2, -0.15) is 0 Å². The third kappa shape index (κ3) is 4.09. The normalized spacial score (nSPS) is 27.6. The Morgan fingerprint density at radius 1 is 0.964 bits per heavy atom. The molecule has 0 radical (unpaired) electrons. The maximum Gasteiger partial charge on any atom is 0.115 e. The first kappa shape index (κ1) is 21.2. The second kappa shape index (κ2) is 8.88. The molecule has 0 unspecified atom stereocenters. The van der Waals surface area contributed by atoms with E-state index in [1.54, 1.807) is 6.07 Å². The van der Waals surface area contributed by atoms with Gasteiger partial charge in [-0.15, -0.1) is 12.4 Å². The van der Waals surface area contributed by atoms with Gasteiger partial charge in [0.2, 0.25) is 0 Å². The first-order valence-electron chi connectivity index (χ1n) is 10.7. The van der Waals surface area contributed by atoms with E-state index in [0.29, 0.717) is 11.2 Å². The SMILES string of the molecule is C[C@]12CCCC[C@@]1(c1cccc(O)c1)CCN(CCCc1ccccc1)C2.Cl. The summed E-state index contributed by atoms with van der Waals surface area (Å²) in [7, 11) is 0. The molecule has 0 aromatic heterocycles. The summed E-state index contributed by atoms with van der Waals surface area (Å²) in [6, 6.07) is 19.0. The number of likely N-dealkylation sites (tertiary alicyclic amines) is 1. The molecule has 1 aliphatic carbocycles. The van der Waals surface area contributed by atoms with Crippen molar-refractivity contribution in [3.05, 3.63) is 65.7 Å². The number of hydrogen-bond donors (Lipinski definition) is 1. The van der Waals surface area contributed by atoms with E-state index in [1.165, 1.54) is 75.7 Å². The average Bonchev–Trinajstić information content (AvgIpc) is 2.68. The van der Waals surface area contributed by atoms with Gasteiger partial charge in [-0.25, -0.2) is 0 Å². The lowest BCUT2D eigenvalue weighted by Crippen LogP contribution is -2.58. The zero-order valence-electron chi connectivity index (χ0n) is 17.1. The zero-order valence-corrected chi connectivity index (χ0v) is 17.9. The van der Waals surface area contributed by atoms with Crippen LogP contribution in [0.4, 0.5) is 0 Å². The van der Waals surface area contributed by atoms with Gasteiger partial charge in [0.15, 0.2) is 0 Å². The fourth-order valence-electron chi connectivity index (χ4n) is 5.84. The molecule has 2 aliphatic rings. The Bertz CT molecular complexity index is 764. The lowest BCUT2D eigenvalue weighted by molar-refractivity contribution is -0.0215. The highest BCUT2D eigenvalue weighted by molar-refractivity contribution is 5.85. The van der Waals surface area contributed by atoms with Crippen LogP contribution in [0.25, 0.3) is 0 Å². The van der Waals surface area contributed by atoms with E-state index >= 15 is 0 Å². The second-order valence-electron chi connectivity index (χ2n) is 9.02. The van der Waals surface area contributed by atoms with E-state index in [1.807, 2.05) is 12.1 Å². The van der Waals surface area contributed by atoms with Crippen LogP contribution in [0.2, 0.25) is 0 Å². The summed E-state index contributed by atoms with van der Waals surface area (Å²) in [6.45, 7) is 6.08. The molecule has 1 heterocycles. The minimum absolute atomic E-state index is 0. The first-order chi connectivity index (χ1) is 13.1. The number of aromatic hydroxyl groups is 1. The molecular formula is C25H34ClNO. The smallest absolute Gasteiger partial charge is 0.115 e. The Morgan fingerprint density at radius 3 is 2.54 bits per heavy atom. The number of hydrogen-bond acceptors (Lipinski definition) is 2. The number of fused-ring (bicyclic) bond motifs is 1. The predicted octanol–water partition coefficient (Wildman–Crippen LogP) is 5.97. The molecule has 1 saturated carbocycles. The van der Waals surface area contributed by atoms with Crippen molar-refractivity contribution in [1.29, 1.82) is 0 Å². The number of rotatable bonds is 5. The lowest BCUT2D eigenvalue weighted by atomic mass is 9.51. The fourth-order valence-corrected chi connectivity index (χ4v) is 5.84. The monoisotopic (exact) mass is 399 g/mol. The quantitative estimate of drug-likeness (QED) is 0.669. The summed E-state index contributed by atoms with van der Waals surface area (Å²) in [5.74, 6) is 0.417. The van der Waals surface area contributed by atoms with Crippen LogP contribution in [0.5, 0.6) is 5.75 Å². The van der Waals surface area contributed by atoms with Crippen LogP contribution in [-0.4, -0.2) is 29.6 Å². The summed E-state index contributed by atoms with van der Waals surface area (Å²) in [5, 5.41) is 10.1. The number of phenols is 1. The highest BCUT2D eigenvalue weighted by atomic mass is 35.5. The van der Waals surface area contributed by atoms with Crippen molar-refractivity contribution in [3.63, 3.8) is 0 Å². The van der Waals surface area contributed by atoms with Crippen LogP contribution < -0.4 is 0 Å². The lowest BCUT2D eigenvalue weighted by Gasteiger charge is -2.58. The second-order valence-corrected chi connectivity index (χ2v) is 9.02. The van der Waals surface area contributed by atoms with Crippen molar-refractivity contribution in [2.24, 2.45) is 5.41 Å². The maximum atomic E-state index is 10.1. The van der Waals surface area contributed by atoms with Gasteiger partial charge in [-0.05, 0) is 73.9 Å². The number of phenolic OH excluding ortho intramolecular Hbond substituents is 1. The maximum absolute atomic E-state index is 10.1. The van der Waals surface area contributed by atoms with E-state index in [0.717, 1.165) is 0 Å². The minimum Gasteiger partial charge on any atom is -0.508 e. The number of aryl methyl sites for hydroxylation is 1. The molecule has 2 atom stereocenters. The van der Waals surface area contributed by atoms with Gasteiger partial charge in [-0.1, -0.05) is 62.2 Å². The predicted molar refractivity (Wildman–Crippen MR) is 119 cm³/mol. The van der Waals surface area contributed by atoms with Crippen molar-refractivity contribution in [3.8, 4) is 5.75 Å². The van der Waals surface area contributed by atoms with Crippen LogP contribution in [0, 0.1) is 5.41 Å². The summed E-state index contributed by atoms with van der Waals surface area (Å²) < 4.78 is 0. The van der Waals surface area contributed by atoms with Crippen molar-refractivity contribution < 1.29 is 5.11 Å². The van der Waals surface area contributed by atoms with E-state index in [-0.39, 0.29) is 17.8 Å². The molecule has 4 rings (SSSR count). The van der Waals surface area contributed by atoms with Crippen LogP contribution in [0.1, 0.15) is 56.6 Å². The number of halogens is 1. The van der Waals surface area contributed by atoms with E-state index in [2.05, 4.69) is 48.2 Å². The van der Waals surface area contributed by atoms with Crippen molar-refractivity contribution in [2.45, 2.75) is 57.3 Å². The summed E-state index contributed by atoms with van der Waals surface area (Å²) in [6.07, 6.45) is 8.86. The van der Waals surface area contributed by atoms with Crippen LogP contribution in [0.3, 0.4) is 0 Å². The summed E-state index contributed by atoms with van der Waals surface area (Å²) in [4.78, 5) is 2.70. The molecule has 1 N–H and O–H groups in total. The van der Waals surface area contributed by atoms with Crippen LogP contribution in [0.15, 0.2) is 54.6 Å². The van der Waals surface area contributed by atoms with Gasteiger partial charge in [0, 0.05) is 12.0 Å². The highest BCUT2D eigenvalue weighted by Crippen LogP contribution is 2.56. The van der Waals surface area contributed by atoms with Crippen LogP contribution >= 0.6 is 12.4 Å². The van der Waals surface area contributed by atoms with Crippen molar-refractivity contribution in [2.75, 3.05) is 19.6 Å². The molecule has 28 heavy (non-hydrogen) atoms. The van der Waals surface area contributed by atoms with Gasteiger partial charge in [0.05, 0.1) is 0 Å². The standard InChI is InChI=1S/C25H33NO.ClH/c1-24-14-5-6-15-25(24,22-12-7-13-23(27)19-22)16-18-26(20-24)17-8-11-21-9-3-2-4-10-21;/h2-4,7,9-10,12-13,19,27H,5-6,8,11,14-18,20H2,1H3;1H/t24-,25+;/m1./s1. The first-order valence-corrected chi connectivity index (χ1v) is 10.7. The van der Waals surface area contributed by atoms with E-state index < -0.39 is 0 Å². The summed E-state index contributed by atoms with van der Waals surface area (Å²) >= 11 is 0. The molecular weight excluding hydrogens is 366 g/mol. The third-order valence-electron chi connectivity index (χ3n) is 7.35. The molecule has 1 aliphatic heterocycles. The minimum atomic E-state index is 0. The number of nitrogens with zero attached hydrogens (tertiary/aromatic N) is 1. The van der Waals surface area contributed by atoms with Crippen molar-refractivity contribution in [1.82, 2.24) is 4.90 Å².